The minimum Gasteiger partial charge on any atom is -0.456 e. The number of nitro groups is 1. The topological polar surface area (TPSA) is 64.4 Å². The number of rotatable bonds is 5. The summed E-state index contributed by atoms with van der Waals surface area (Å²) in [7, 11) is 1.85. The number of hydrogen-bond acceptors (Lipinski definition) is 4. The van der Waals surface area contributed by atoms with Crippen molar-refractivity contribution in [2.75, 3.05) is 7.05 Å². The van der Waals surface area contributed by atoms with E-state index in [4.69, 9.17) is 16.3 Å². The number of halogens is 1. The molecule has 0 saturated carbocycles. The van der Waals surface area contributed by atoms with Crippen LogP contribution in [0.5, 0.6) is 11.5 Å². The molecule has 1 N–H and O–H groups in total. The van der Waals surface area contributed by atoms with Crippen LogP contribution in [0.4, 0.5) is 5.69 Å². The maximum atomic E-state index is 10.8. The van der Waals surface area contributed by atoms with Crippen molar-refractivity contribution in [2.24, 2.45) is 0 Å². The molecule has 104 valence electrons. The fraction of sp³-hybridized carbons (Fsp3) is 0.143. The zero-order valence-electron chi connectivity index (χ0n) is 10.8. The van der Waals surface area contributed by atoms with Crippen molar-refractivity contribution >= 4 is 17.3 Å². The summed E-state index contributed by atoms with van der Waals surface area (Å²) in [5, 5.41) is 14.1. The summed E-state index contributed by atoms with van der Waals surface area (Å²) in [6, 6.07) is 11.5. The van der Waals surface area contributed by atoms with Crippen LogP contribution in [0.25, 0.3) is 0 Å². The molecule has 2 aromatic carbocycles. The van der Waals surface area contributed by atoms with Crippen LogP contribution in [-0.2, 0) is 6.54 Å². The Morgan fingerprint density at radius 2 is 2.10 bits per heavy atom. The number of hydrogen-bond donors (Lipinski definition) is 1. The van der Waals surface area contributed by atoms with Gasteiger partial charge in [0.05, 0.1) is 16.0 Å². The van der Waals surface area contributed by atoms with Crippen LogP contribution in [0.15, 0.2) is 42.5 Å². The van der Waals surface area contributed by atoms with Gasteiger partial charge < -0.3 is 10.1 Å². The largest absolute Gasteiger partial charge is 0.456 e. The third kappa shape index (κ3) is 3.46. The molecule has 0 aliphatic rings. The van der Waals surface area contributed by atoms with Crippen molar-refractivity contribution in [3.8, 4) is 11.5 Å². The molecule has 0 unspecified atom stereocenters. The zero-order chi connectivity index (χ0) is 14.5. The highest BCUT2D eigenvalue weighted by Crippen LogP contribution is 2.32. The Kier molecular flexibility index (Phi) is 4.55. The Morgan fingerprint density at radius 3 is 2.80 bits per heavy atom. The summed E-state index contributed by atoms with van der Waals surface area (Å²) >= 11 is 5.99. The van der Waals surface area contributed by atoms with Crippen LogP contribution in [-0.4, -0.2) is 12.0 Å². The molecule has 5 nitrogen and oxygen atoms in total. The van der Waals surface area contributed by atoms with Gasteiger partial charge in [0.25, 0.3) is 5.69 Å². The monoisotopic (exact) mass is 292 g/mol. The highest BCUT2D eigenvalue weighted by molar-refractivity contribution is 6.32. The normalized spacial score (nSPS) is 10.3. The average Bonchev–Trinajstić information content (AvgIpc) is 2.42. The van der Waals surface area contributed by atoms with Gasteiger partial charge in [-0.1, -0.05) is 23.7 Å². The summed E-state index contributed by atoms with van der Waals surface area (Å²) in [4.78, 5) is 10.3. The predicted molar refractivity (Wildman–Crippen MR) is 77.4 cm³/mol. The van der Waals surface area contributed by atoms with Gasteiger partial charge in [0.15, 0.2) is 5.75 Å². The molecular formula is C14H13ClN2O3. The summed E-state index contributed by atoms with van der Waals surface area (Å²) in [6.45, 7) is 0.708. The molecule has 0 atom stereocenters. The van der Waals surface area contributed by atoms with Gasteiger partial charge in [0, 0.05) is 12.6 Å². The van der Waals surface area contributed by atoms with Crippen LogP contribution in [0, 0.1) is 10.1 Å². The first-order valence-corrected chi connectivity index (χ1v) is 6.33. The molecule has 0 radical (unpaired) electrons. The second-order valence-electron chi connectivity index (χ2n) is 4.15. The van der Waals surface area contributed by atoms with Crippen LogP contribution >= 0.6 is 11.6 Å². The predicted octanol–water partition coefficient (Wildman–Crippen LogP) is 3.76. The van der Waals surface area contributed by atoms with E-state index < -0.39 is 4.92 Å². The molecule has 0 saturated heterocycles. The molecular weight excluding hydrogens is 280 g/mol. The van der Waals surface area contributed by atoms with Gasteiger partial charge in [-0.3, -0.25) is 10.1 Å². The van der Waals surface area contributed by atoms with E-state index in [1.165, 1.54) is 18.2 Å². The summed E-state index contributed by atoms with van der Waals surface area (Å²) < 4.78 is 5.62. The van der Waals surface area contributed by atoms with E-state index in [1.807, 2.05) is 25.2 Å². The lowest BCUT2D eigenvalue weighted by Crippen LogP contribution is -2.04. The second-order valence-corrected chi connectivity index (χ2v) is 4.56. The molecule has 20 heavy (non-hydrogen) atoms. The molecule has 0 amide bonds. The molecule has 0 bridgehead atoms. The van der Waals surface area contributed by atoms with Crippen LogP contribution in [0.3, 0.4) is 0 Å². The summed E-state index contributed by atoms with van der Waals surface area (Å²) in [6.07, 6.45) is 0. The maximum Gasteiger partial charge on any atom is 0.273 e. The average molecular weight is 293 g/mol. The first kappa shape index (κ1) is 14.3. The van der Waals surface area contributed by atoms with Crippen molar-refractivity contribution in [3.05, 3.63) is 63.2 Å². The molecule has 0 aliphatic carbocycles. The molecule has 0 aliphatic heterocycles. The number of nitro benzene ring substituents is 1. The smallest absolute Gasteiger partial charge is 0.273 e. The van der Waals surface area contributed by atoms with Crippen LogP contribution in [0.2, 0.25) is 5.02 Å². The van der Waals surface area contributed by atoms with Crippen molar-refractivity contribution in [1.29, 1.82) is 0 Å². The highest BCUT2D eigenvalue weighted by Gasteiger charge is 2.11. The first-order valence-electron chi connectivity index (χ1n) is 5.95. The van der Waals surface area contributed by atoms with Gasteiger partial charge in [-0.25, -0.2) is 0 Å². The summed E-state index contributed by atoms with van der Waals surface area (Å²) in [5.74, 6) is 0.850. The first-order chi connectivity index (χ1) is 9.60. The van der Waals surface area contributed by atoms with Crippen LogP contribution < -0.4 is 10.1 Å². The number of non-ortho nitro benzene ring substituents is 1. The molecule has 2 aromatic rings. The van der Waals surface area contributed by atoms with E-state index in [2.05, 4.69) is 5.32 Å². The number of nitrogens with one attached hydrogen (secondary N) is 1. The van der Waals surface area contributed by atoms with Crippen molar-refractivity contribution in [1.82, 2.24) is 5.32 Å². The van der Waals surface area contributed by atoms with E-state index >= 15 is 0 Å². The molecule has 0 fully saturated rings. The third-order valence-electron chi connectivity index (χ3n) is 2.63. The van der Waals surface area contributed by atoms with Gasteiger partial charge >= 0.3 is 0 Å². The number of benzene rings is 2. The Morgan fingerprint density at radius 1 is 1.30 bits per heavy atom. The van der Waals surface area contributed by atoms with E-state index in [1.54, 1.807) is 6.07 Å². The molecule has 0 spiro atoms. The third-order valence-corrected chi connectivity index (χ3v) is 2.95. The Labute approximate surface area is 121 Å². The quantitative estimate of drug-likeness (QED) is 0.673. The highest BCUT2D eigenvalue weighted by atomic mass is 35.5. The van der Waals surface area contributed by atoms with E-state index in [0.717, 1.165) is 5.56 Å². The van der Waals surface area contributed by atoms with Gasteiger partial charge in [-0.15, -0.1) is 0 Å². The Bertz CT molecular complexity index is 632. The second kappa shape index (κ2) is 6.36. The van der Waals surface area contributed by atoms with Gasteiger partial charge in [-0.05, 0) is 30.8 Å². The fourth-order valence-electron chi connectivity index (χ4n) is 1.73. The Balaban J connectivity index is 2.27. The lowest BCUT2D eigenvalue weighted by atomic mass is 10.2. The lowest BCUT2D eigenvalue weighted by molar-refractivity contribution is -0.384. The maximum absolute atomic E-state index is 10.8. The molecule has 0 aromatic heterocycles. The van der Waals surface area contributed by atoms with E-state index in [0.29, 0.717) is 17.3 Å². The lowest BCUT2D eigenvalue weighted by Gasteiger charge is -2.09. The van der Waals surface area contributed by atoms with Crippen molar-refractivity contribution in [3.63, 3.8) is 0 Å². The molecule has 2 rings (SSSR count). The fourth-order valence-corrected chi connectivity index (χ4v) is 1.89. The SMILES string of the molecule is CNCc1cccc(Oc2cc([N+](=O)[O-])ccc2Cl)c1. The van der Waals surface area contributed by atoms with Crippen molar-refractivity contribution < 1.29 is 9.66 Å². The zero-order valence-corrected chi connectivity index (χ0v) is 11.6. The summed E-state index contributed by atoms with van der Waals surface area (Å²) in [5.41, 5.74) is 0.988. The van der Waals surface area contributed by atoms with Gasteiger partial charge in [-0.2, -0.15) is 0 Å². The standard InChI is InChI=1S/C14H13ClN2O3/c1-16-9-10-3-2-4-12(7-10)20-14-8-11(17(18)19)5-6-13(14)15/h2-8,16H,9H2,1H3. The van der Waals surface area contributed by atoms with E-state index in [9.17, 15) is 10.1 Å². The Hall–Kier alpha value is -2.11. The number of ether oxygens (including phenoxy) is 1. The van der Waals surface area contributed by atoms with Gasteiger partial charge in [0.1, 0.15) is 5.75 Å². The van der Waals surface area contributed by atoms with Gasteiger partial charge in [0.2, 0.25) is 0 Å². The minimum atomic E-state index is -0.486. The molecule has 0 heterocycles. The van der Waals surface area contributed by atoms with E-state index in [-0.39, 0.29) is 11.4 Å². The minimum absolute atomic E-state index is 0.0595. The number of nitrogens with zero attached hydrogens (tertiary/aromatic N) is 1. The van der Waals surface area contributed by atoms with Crippen LogP contribution in [0.1, 0.15) is 5.56 Å². The molecule has 6 heteroatoms. The van der Waals surface area contributed by atoms with Crippen molar-refractivity contribution in [2.45, 2.75) is 6.54 Å².